The highest BCUT2D eigenvalue weighted by molar-refractivity contribution is 6.32. The van der Waals surface area contributed by atoms with Gasteiger partial charge in [-0.2, -0.15) is 0 Å². The van der Waals surface area contributed by atoms with Crippen LogP contribution >= 0.6 is 11.6 Å². The lowest BCUT2D eigenvalue weighted by molar-refractivity contribution is -0.385. The van der Waals surface area contributed by atoms with E-state index in [0.29, 0.717) is 19.0 Å². The molecule has 0 atom stereocenters. The first-order valence-corrected chi connectivity index (χ1v) is 7.00. The molecule has 0 unspecified atom stereocenters. The summed E-state index contributed by atoms with van der Waals surface area (Å²) in [7, 11) is 0. The predicted octanol–water partition coefficient (Wildman–Crippen LogP) is 2.91. The largest absolute Gasteiger partial charge is 0.338 e. The summed E-state index contributed by atoms with van der Waals surface area (Å²) in [6.07, 6.45) is 4.74. The maximum Gasteiger partial charge on any atom is 0.319 e. The molecule has 7 heteroatoms. The number of rotatable bonds is 5. The van der Waals surface area contributed by atoms with E-state index >= 15 is 0 Å². The Labute approximate surface area is 121 Å². The number of carbonyl (C=O) groups excluding carboxylic acids is 1. The second-order valence-electron chi connectivity index (χ2n) is 4.90. The Kier molecular flexibility index (Phi) is 4.54. The van der Waals surface area contributed by atoms with E-state index in [9.17, 15) is 14.9 Å². The molecular formula is C13H16ClN3O3. The molecule has 1 aliphatic carbocycles. The topological polar surface area (TPSA) is 76.3 Å². The van der Waals surface area contributed by atoms with Crippen molar-refractivity contribution in [1.82, 2.24) is 9.88 Å². The smallest absolute Gasteiger partial charge is 0.319 e. The van der Waals surface area contributed by atoms with E-state index in [-0.39, 0.29) is 16.6 Å². The standard InChI is InChI=1S/C13H16ClN3O3/c1-2-16(8-9-4-3-5-9)13(18)10-6-7-15-12(14)11(10)17(19)20/h6-7,9H,2-5,8H2,1H3. The number of pyridine rings is 1. The predicted molar refractivity (Wildman–Crippen MR) is 74.8 cm³/mol. The Morgan fingerprint density at radius 3 is 2.80 bits per heavy atom. The third-order valence-electron chi connectivity index (χ3n) is 3.66. The van der Waals surface area contributed by atoms with Crippen molar-refractivity contribution in [2.24, 2.45) is 5.92 Å². The molecule has 0 aromatic carbocycles. The van der Waals surface area contributed by atoms with E-state index in [1.54, 1.807) is 4.90 Å². The van der Waals surface area contributed by atoms with Crippen molar-refractivity contribution in [1.29, 1.82) is 0 Å². The van der Waals surface area contributed by atoms with Gasteiger partial charge in [-0.25, -0.2) is 4.98 Å². The summed E-state index contributed by atoms with van der Waals surface area (Å²) in [6, 6.07) is 1.36. The molecule has 2 rings (SSSR count). The Balaban J connectivity index is 2.26. The van der Waals surface area contributed by atoms with Gasteiger partial charge in [0.2, 0.25) is 5.15 Å². The van der Waals surface area contributed by atoms with Gasteiger partial charge in [-0.05, 0) is 31.7 Å². The van der Waals surface area contributed by atoms with Crippen LogP contribution in [0.25, 0.3) is 0 Å². The average molecular weight is 298 g/mol. The number of nitrogens with zero attached hydrogens (tertiary/aromatic N) is 3. The lowest BCUT2D eigenvalue weighted by atomic mass is 9.85. The SMILES string of the molecule is CCN(CC1CCC1)C(=O)c1ccnc(Cl)c1[N+](=O)[O-]. The molecule has 1 amide bonds. The van der Waals surface area contributed by atoms with Gasteiger partial charge in [0.1, 0.15) is 5.56 Å². The molecule has 1 fully saturated rings. The molecule has 1 saturated carbocycles. The van der Waals surface area contributed by atoms with Crippen LogP contribution in [0.2, 0.25) is 5.15 Å². The van der Waals surface area contributed by atoms with Crippen molar-refractivity contribution in [2.45, 2.75) is 26.2 Å². The van der Waals surface area contributed by atoms with E-state index in [1.807, 2.05) is 6.92 Å². The van der Waals surface area contributed by atoms with Crippen LogP contribution < -0.4 is 0 Å². The van der Waals surface area contributed by atoms with Crippen LogP contribution in [0.15, 0.2) is 12.3 Å². The van der Waals surface area contributed by atoms with Crippen LogP contribution in [0.1, 0.15) is 36.5 Å². The van der Waals surface area contributed by atoms with Gasteiger partial charge in [-0.3, -0.25) is 14.9 Å². The van der Waals surface area contributed by atoms with E-state index in [0.717, 1.165) is 12.8 Å². The van der Waals surface area contributed by atoms with Gasteiger partial charge >= 0.3 is 5.69 Å². The van der Waals surface area contributed by atoms with Crippen LogP contribution in [0.4, 0.5) is 5.69 Å². The third kappa shape index (κ3) is 2.90. The summed E-state index contributed by atoms with van der Waals surface area (Å²) in [4.78, 5) is 28.2. The molecule has 1 aromatic rings. The maximum atomic E-state index is 12.5. The summed E-state index contributed by atoms with van der Waals surface area (Å²) >= 11 is 5.74. The van der Waals surface area contributed by atoms with Crippen LogP contribution in [-0.2, 0) is 0 Å². The molecule has 1 aromatic heterocycles. The van der Waals surface area contributed by atoms with Gasteiger partial charge in [-0.1, -0.05) is 18.0 Å². The second-order valence-corrected chi connectivity index (χ2v) is 5.25. The van der Waals surface area contributed by atoms with Crippen molar-refractivity contribution in [2.75, 3.05) is 13.1 Å². The number of hydrogen-bond acceptors (Lipinski definition) is 4. The number of carbonyl (C=O) groups is 1. The van der Waals surface area contributed by atoms with E-state index in [1.165, 1.54) is 18.7 Å². The van der Waals surface area contributed by atoms with Crippen molar-refractivity contribution in [3.05, 3.63) is 33.1 Å². The first-order valence-electron chi connectivity index (χ1n) is 6.62. The van der Waals surface area contributed by atoms with Crippen LogP contribution in [0.5, 0.6) is 0 Å². The maximum absolute atomic E-state index is 12.5. The number of aromatic nitrogens is 1. The molecule has 6 nitrogen and oxygen atoms in total. The Morgan fingerprint density at radius 1 is 1.60 bits per heavy atom. The van der Waals surface area contributed by atoms with Gasteiger partial charge in [0.25, 0.3) is 5.91 Å². The quantitative estimate of drug-likeness (QED) is 0.476. The lowest BCUT2D eigenvalue weighted by Gasteiger charge is -2.31. The number of halogens is 1. The number of amides is 1. The molecule has 0 radical (unpaired) electrons. The van der Waals surface area contributed by atoms with Crippen LogP contribution in [0, 0.1) is 16.0 Å². The van der Waals surface area contributed by atoms with Crippen LogP contribution in [-0.4, -0.2) is 33.8 Å². The fourth-order valence-electron chi connectivity index (χ4n) is 2.29. The molecule has 108 valence electrons. The molecule has 1 aliphatic rings. The van der Waals surface area contributed by atoms with E-state index < -0.39 is 10.6 Å². The second kappa shape index (κ2) is 6.17. The summed E-state index contributed by atoms with van der Waals surface area (Å²) in [5.41, 5.74) is -0.401. The molecular weight excluding hydrogens is 282 g/mol. The van der Waals surface area contributed by atoms with Gasteiger partial charge in [-0.15, -0.1) is 0 Å². The van der Waals surface area contributed by atoms with Crippen molar-refractivity contribution in [3.8, 4) is 0 Å². The molecule has 0 aliphatic heterocycles. The Morgan fingerprint density at radius 2 is 2.30 bits per heavy atom. The minimum Gasteiger partial charge on any atom is -0.338 e. The van der Waals surface area contributed by atoms with Crippen molar-refractivity contribution >= 4 is 23.2 Å². The molecule has 20 heavy (non-hydrogen) atoms. The summed E-state index contributed by atoms with van der Waals surface area (Å²) in [5, 5.41) is 10.8. The summed E-state index contributed by atoms with van der Waals surface area (Å²) in [6.45, 7) is 3.03. The monoisotopic (exact) mass is 297 g/mol. The van der Waals surface area contributed by atoms with Gasteiger partial charge in [0, 0.05) is 19.3 Å². The highest BCUT2D eigenvalue weighted by Gasteiger charge is 2.29. The van der Waals surface area contributed by atoms with Crippen molar-refractivity contribution in [3.63, 3.8) is 0 Å². The van der Waals surface area contributed by atoms with E-state index in [2.05, 4.69) is 4.98 Å². The Hall–Kier alpha value is -1.69. The third-order valence-corrected chi connectivity index (χ3v) is 3.94. The summed E-state index contributed by atoms with van der Waals surface area (Å²) < 4.78 is 0. The minimum atomic E-state index is -0.653. The molecule has 0 bridgehead atoms. The number of hydrogen-bond donors (Lipinski definition) is 0. The molecule has 0 spiro atoms. The van der Waals surface area contributed by atoms with Crippen molar-refractivity contribution < 1.29 is 9.72 Å². The summed E-state index contributed by atoms with van der Waals surface area (Å²) in [5.74, 6) is 0.158. The zero-order valence-corrected chi connectivity index (χ0v) is 12.0. The highest BCUT2D eigenvalue weighted by atomic mass is 35.5. The highest BCUT2D eigenvalue weighted by Crippen LogP contribution is 2.30. The first kappa shape index (κ1) is 14.7. The van der Waals surface area contributed by atoms with Gasteiger partial charge < -0.3 is 4.90 Å². The lowest BCUT2D eigenvalue weighted by Crippen LogP contribution is -2.37. The molecule has 0 N–H and O–H groups in total. The fraction of sp³-hybridized carbons (Fsp3) is 0.538. The molecule has 0 saturated heterocycles. The number of nitro groups is 1. The molecule has 1 heterocycles. The minimum absolute atomic E-state index is 0.0103. The zero-order chi connectivity index (χ0) is 14.7. The fourth-order valence-corrected chi connectivity index (χ4v) is 2.51. The van der Waals surface area contributed by atoms with E-state index in [4.69, 9.17) is 11.6 Å². The zero-order valence-electron chi connectivity index (χ0n) is 11.2. The normalized spacial score (nSPS) is 14.7. The van der Waals surface area contributed by atoms with Gasteiger partial charge in [0.15, 0.2) is 0 Å². The first-order chi connectivity index (χ1) is 9.54. The Bertz CT molecular complexity index is 532. The van der Waals surface area contributed by atoms with Gasteiger partial charge in [0.05, 0.1) is 4.92 Å². The average Bonchev–Trinajstić information content (AvgIpc) is 2.36. The van der Waals surface area contributed by atoms with Crippen LogP contribution in [0.3, 0.4) is 0 Å².